The van der Waals surface area contributed by atoms with Gasteiger partial charge < -0.3 is 15.4 Å². The van der Waals surface area contributed by atoms with Gasteiger partial charge in [0.25, 0.3) is 0 Å². The van der Waals surface area contributed by atoms with Crippen LogP contribution in [0.25, 0.3) is 0 Å². The molecular formula is C16H23FN2O2. The standard InChI is InChI=1S/C16H23FN2O2/c1-12(2)19-15(20)18-11-16(6-8-21-9-7-16)13-4-3-5-14(17)10-13/h3-5,10,12H,6-9,11H2,1-2H3,(H2,18,19,20). The first kappa shape index (κ1) is 15.8. The molecule has 116 valence electrons. The van der Waals surface area contributed by atoms with Crippen LogP contribution in [0.4, 0.5) is 9.18 Å². The Hall–Kier alpha value is -1.62. The van der Waals surface area contributed by atoms with Crippen LogP contribution in [0.1, 0.15) is 32.3 Å². The first-order valence-electron chi connectivity index (χ1n) is 7.40. The Morgan fingerprint density at radius 3 is 2.71 bits per heavy atom. The van der Waals surface area contributed by atoms with Crippen LogP contribution < -0.4 is 10.6 Å². The molecule has 1 aromatic rings. The van der Waals surface area contributed by atoms with Crippen molar-refractivity contribution in [3.8, 4) is 0 Å². The van der Waals surface area contributed by atoms with E-state index in [1.807, 2.05) is 19.9 Å². The molecular weight excluding hydrogens is 271 g/mol. The minimum absolute atomic E-state index is 0.0878. The number of carbonyl (C=O) groups is 1. The Balaban J connectivity index is 2.12. The molecule has 1 saturated heterocycles. The average molecular weight is 294 g/mol. The fourth-order valence-corrected chi connectivity index (χ4v) is 2.71. The van der Waals surface area contributed by atoms with Crippen molar-refractivity contribution in [3.05, 3.63) is 35.6 Å². The SMILES string of the molecule is CC(C)NC(=O)NCC1(c2cccc(F)c2)CCOCC1. The number of halogens is 1. The van der Waals surface area contributed by atoms with Crippen molar-refractivity contribution in [2.24, 2.45) is 0 Å². The number of rotatable bonds is 4. The van der Waals surface area contributed by atoms with E-state index in [1.54, 1.807) is 12.1 Å². The normalized spacial score (nSPS) is 17.5. The highest BCUT2D eigenvalue weighted by Crippen LogP contribution is 2.34. The van der Waals surface area contributed by atoms with Crippen molar-refractivity contribution >= 4 is 6.03 Å². The third-order valence-corrected chi connectivity index (χ3v) is 3.89. The number of amides is 2. The lowest BCUT2D eigenvalue weighted by Gasteiger charge is -2.38. The van der Waals surface area contributed by atoms with Gasteiger partial charge in [-0.25, -0.2) is 9.18 Å². The van der Waals surface area contributed by atoms with E-state index in [0.717, 1.165) is 18.4 Å². The largest absolute Gasteiger partial charge is 0.381 e. The van der Waals surface area contributed by atoms with Crippen molar-refractivity contribution in [3.63, 3.8) is 0 Å². The van der Waals surface area contributed by atoms with Crippen LogP contribution in [0, 0.1) is 5.82 Å². The van der Waals surface area contributed by atoms with Gasteiger partial charge in [-0.05, 0) is 44.4 Å². The van der Waals surface area contributed by atoms with E-state index in [2.05, 4.69) is 10.6 Å². The highest BCUT2D eigenvalue weighted by Gasteiger charge is 2.35. The molecule has 1 aliphatic rings. The summed E-state index contributed by atoms with van der Waals surface area (Å²) in [5.41, 5.74) is 0.671. The topological polar surface area (TPSA) is 50.4 Å². The van der Waals surface area contributed by atoms with Gasteiger partial charge in [0.05, 0.1) is 0 Å². The summed E-state index contributed by atoms with van der Waals surface area (Å²) in [7, 11) is 0. The average Bonchev–Trinajstić information content (AvgIpc) is 2.45. The van der Waals surface area contributed by atoms with Crippen LogP contribution in [0.3, 0.4) is 0 Å². The van der Waals surface area contributed by atoms with E-state index in [1.165, 1.54) is 6.07 Å². The Morgan fingerprint density at radius 1 is 1.38 bits per heavy atom. The van der Waals surface area contributed by atoms with Gasteiger partial charge >= 0.3 is 6.03 Å². The molecule has 2 amide bonds. The lowest BCUT2D eigenvalue weighted by atomic mass is 9.74. The van der Waals surface area contributed by atoms with Gasteiger partial charge in [-0.15, -0.1) is 0 Å². The third-order valence-electron chi connectivity index (χ3n) is 3.89. The van der Waals surface area contributed by atoms with Gasteiger partial charge in [0.1, 0.15) is 5.82 Å². The summed E-state index contributed by atoms with van der Waals surface area (Å²) in [6.07, 6.45) is 1.55. The van der Waals surface area contributed by atoms with Crippen molar-refractivity contribution in [1.82, 2.24) is 10.6 Å². The van der Waals surface area contributed by atoms with Crippen molar-refractivity contribution in [2.45, 2.75) is 38.1 Å². The van der Waals surface area contributed by atoms with E-state index in [4.69, 9.17) is 4.74 Å². The summed E-state index contributed by atoms with van der Waals surface area (Å²) in [4.78, 5) is 11.8. The van der Waals surface area contributed by atoms with Crippen LogP contribution in [0.15, 0.2) is 24.3 Å². The first-order chi connectivity index (χ1) is 10.0. The van der Waals surface area contributed by atoms with Gasteiger partial charge in [0.2, 0.25) is 0 Å². The minimum atomic E-state index is -0.255. The molecule has 5 heteroatoms. The highest BCUT2D eigenvalue weighted by molar-refractivity contribution is 5.74. The van der Waals surface area contributed by atoms with Crippen LogP contribution in [-0.4, -0.2) is 31.8 Å². The first-order valence-corrected chi connectivity index (χ1v) is 7.40. The molecule has 0 spiro atoms. The van der Waals surface area contributed by atoms with Gasteiger partial charge in [-0.2, -0.15) is 0 Å². The Labute approximate surface area is 125 Å². The lowest BCUT2D eigenvalue weighted by molar-refractivity contribution is 0.0505. The maximum atomic E-state index is 13.5. The molecule has 1 aliphatic heterocycles. The number of benzene rings is 1. The van der Waals surface area contributed by atoms with Gasteiger partial charge in [-0.3, -0.25) is 0 Å². The number of nitrogens with one attached hydrogen (secondary N) is 2. The Morgan fingerprint density at radius 2 is 2.10 bits per heavy atom. The van der Waals surface area contributed by atoms with Crippen LogP contribution in [0.2, 0.25) is 0 Å². The number of carbonyl (C=O) groups excluding carboxylic acids is 1. The zero-order valence-corrected chi connectivity index (χ0v) is 12.6. The number of hydrogen-bond donors (Lipinski definition) is 2. The zero-order chi connectivity index (χ0) is 15.3. The van der Waals surface area contributed by atoms with Gasteiger partial charge in [-0.1, -0.05) is 12.1 Å². The summed E-state index contributed by atoms with van der Waals surface area (Å²) in [6, 6.07) is 6.55. The molecule has 1 aromatic carbocycles. The predicted molar refractivity (Wildman–Crippen MR) is 79.8 cm³/mol. The van der Waals surface area contributed by atoms with Crippen molar-refractivity contribution in [1.29, 1.82) is 0 Å². The maximum absolute atomic E-state index is 13.5. The molecule has 2 N–H and O–H groups in total. The second-order valence-electron chi connectivity index (χ2n) is 5.88. The third kappa shape index (κ3) is 4.17. The molecule has 0 atom stereocenters. The summed E-state index contributed by atoms with van der Waals surface area (Å²) in [5.74, 6) is -0.245. The maximum Gasteiger partial charge on any atom is 0.315 e. The molecule has 0 aromatic heterocycles. The monoisotopic (exact) mass is 294 g/mol. The summed E-state index contributed by atoms with van der Waals surface area (Å²) < 4.78 is 19.0. The molecule has 4 nitrogen and oxygen atoms in total. The molecule has 21 heavy (non-hydrogen) atoms. The smallest absolute Gasteiger partial charge is 0.315 e. The Kier molecular flexibility index (Phi) is 5.17. The van der Waals surface area contributed by atoms with Crippen LogP contribution >= 0.6 is 0 Å². The van der Waals surface area contributed by atoms with Crippen molar-refractivity contribution < 1.29 is 13.9 Å². The molecule has 1 heterocycles. The summed E-state index contributed by atoms with van der Waals surface area (Å²) >= 11 is 0. The molecule has 1 fully saturated rings. The van der Waals surface area contributed by atoms with Gasteiger partial charge in [0.15, 0.2) is 0 Å². The molecule has 2 rings (SSSR count). The lowest BCUT2D eigenvalue weighted by Crippen LogP contribution is -2.48. The zero-order valence-electron chi connectivity index (χ0n) is 12.6. The fraction of sp³-hybridized carbons (Fsp3) is 0.562. The number of hydrogen-bond acceptors (Lipinski definition) is 2. The minimum Gasteiger partial charge on any atom is -0.381 e. The molecule has 0 unspecified atom stereocenters. The molecule has 0 bridgehead atoms. The second-order valence-corrected chi connectivity index (χ2v) is 5.88. The number of ether oxygens (including phenoxy) is 1. The van der Waals surface area contributed by atoms with E-state index in [0.29, 0.717) is 19.8 Å². The van der Waals surface area contributed by atoms with Crippen LogP contribution in [0.5, 0.6) is 0 Å². The van der Waals surface area contributed by atoms with E-state index in [9.17, 15) is 9.18 Å². The van der Waals surface area contributed by atoms with Gasteiger partial charge in [0, 0.05) is 31.2 Å². The molecule has 0 radical (unpaired) electrons. The van der Waals surface area contributed by atoms with Crippen molar-refractivity contribution in [2.75, 3.05) is 19.8 Å². The predicted octanol–water partition coefficient (Wildman–Crippen LogP) is 2.58. The highest BCUT2D eigenvalue weighted by atomic mass is 19.1. The fourth-order valence-electron chi connectivity index (χ4n) is 2.71. The molecule has 0 saturated carbocycles. The van der Waals surface area contributed by atoms with E-state index in [-0.39, 0.29) is 23.3 Å². The van der Waals surface area contributed by atoms with Crippen LogP contribution in [-0.2, 0) is 10.2 Å². The second kappa shape index (κ2) is 6.89. The quantitative estimate of drug-likeness (QED) is 0.896. The summed E-state index contributed by atoms with van der Waals surface area (Å²) in [5, 5.41) is 5.72. The number of urea groups is 1. The molecule has 0 aliphatic carbocycles. The summed E-state index contributed by atoms with van der Waals surface area (Å²) in [6.45, 7) is 5.57. The van der Waals surface area contributed by atoms with E-state index < -0.39 is 0 Å². The van der Waals surface area contributed by atoms with E-state index >= 15 is 0 Å². The Bertz CT molecular complexity index is 485.